The molecule has 0 amide bonds. The first-order valence-electron chi connectivity index (χ1n) is 8.83. The maximum Gasteiger partial charge on any atom is 0.335 e. The summed E-state index contributed by atoms with van der Waals surface area (Å²) in [5, 5.41) is 10.6. The molecule has 1 heterocycles. The Morgan fingerprint density at radius 3 is 2.65 bits per heavy atom. The lowest BCUT2D eigenvalue weighted by molar-refractivity contribution is 0.387. The number of benzene rings is 1. The monoisotopic (exact) mass is 356 g/mol. The van der Waals surface area contributed by atoms with Crippen molar-refractivity contribution in [2.75, 3.05) is 0 Å². The molecule has 1 aliphatic rings. The van der Waals surface area contributed by atoms with Crippen molar-refractivity contribution in [1.29, 1.82) is 0 Å². The maximum absolute atomic E-state index is 12.3. The minimum atomic E-state index is -0.692. The molecule has 3 rings (SSSR count). The minimum absolute atomic E-state index is 0.0411. The van der Waals surface area contributed by atoms with Crippen molar-refractivity contribution in [3.63, 3.8) is 0 Å². The Morgan fingerprint density at radius 2 is 1.96 bits per heavy atom. The summed E-state index contributed by atoms with van der Waals surface area (Å²) in [7, 11) is 0. The van der Waals surface area contributed by atoms with Gasteiger partial charge >= 0.3 is 5.69 Å². The zero-order valence-electron chi connectivity index (χ0n) is 15.0. The zero-order valence-corrected chi connectivity index (χ0v) is 15.0. The van der Waals surface area contributed by atoms with Crippen LogP contribution in [0.15, 0.2) is 32.8 Å². The molecule has 0 radical (unpaired) electrons. The van der Waals surface area contributed by atoms with Crippen LogP contribution >= 0.6 is 0 Å². The molecule has 0 saturated heterocycles. The number of hydrogen-bond acceptors (Lipinski definition) is 5. The minimum Gasteiger partial charge on any atom is -0.493 e. The molecule has 138 valence electrons. The first-order valence-corrected chi connectivity index (χ1v) is 8.83. The van der Waals surface area contributed by atoms with E-state index in [9.17, 15) is 14.7 Å². The lowest BCUT2D eigenvalue weighted by atomic mass is 9.91. The van der Waals surface area contributed by atoms with Crippen LogP contribution in [0.25, 0.3) is 5.69 Å². The van der Waals surface area contributed by atoms with E-state index in [1.165, 1.54) is 6.21 Å². The predicted octanol–water partition coefficient (Wildman–Crippen LogP) is 1.54. The highest BCUT2D eigenvalue weighted by Gasteiger charge is 2.21. The standard InChI is InChI=1S/C19H24N4O3/c1-11-7-8-13(9-12(11)2)23-18(25)14(17(24)22-19(23)26)10-21-16-6-4-3-5-15(16)20/h7-10,15-16,25H,3-6,20H2,1-2H3,(H,22,24,26)/t15-,16+/m0/s1. The van der Waals surface area contributed by atoms with E-state index in [0.717, 1.165) is 41.4 Å². The summed E-state index contributed by atoms with van der Waals surface area (Å²) in [4.78, 5) is 31.1. The van der Waals surface area contributed by atoms with Gasteiger partial charge in [-0.25, -0.2) is 9.36 Å². The van der Waals surface area contributed by atoms with Crippen LogP contribution in [0.4, 0.5) is 0 Å². The van der Waals surface area contributed by atoms with E-state index in [2.05, 4.69) is 9.98 Å². The summed E-state index contributed by atoms with van der Waals surface area (Å²) >= 11 is 0. The SMILES string of the molecule is Cc1ccc(-n2c(O)c(C=N[C@@H]3CCCC[C@@H]3N)c(=O)[nH]c2=O)cc1C. The second-order valence-electron chi connectivity index (χ2n) is 6.89. The Labute approximate surface area is 151 Å². The van der Waals surface area contributed by atoms with E-state index >= 15 is 0 Å². The maximum atomic E-state index is 12.3. The number of nitrogens with two attached hydrogens (primary N) is 1. The highest BCUT2D eigenvalue weighted by atomic mass is 16.3. The fourth-order valence-electron chi connectivity index (χ4n) is 3.25. The molecule has 1 saturated carbocycles. The van der Waals surface area contributed by atoms with Crippen molar-refractivity contribution >= 4 is 6.21 Å². The van der Waals surface area contributed by atoms with Crippen molar-refractivity contribution in [1.82, 2.24) is 9.55 Å². The largest absolute Gasteiger partial charge is 0.493 e. The fraction of sp³-hybridized carbons (Fsp3) is 0.421. The average Bonchev–Trinajstić information content (AvgIpc) is 2.59. The Balaban J connectivity index is 2.05. The van der Waals surface area contributed by atoms with E-state index in [-0.39, 0.29) is 17.6 Å². The highest BCUT2D eigenvalue weighted by molar-refractivity contribution is 5.82. The summed E-state index contributed by atoms with van der Waals surface area (Å²) in [6.07, 6.45) is 5.21. The third kappa shape index (κ3) is 3.48. The zero-order chi connectivity index (χ0) is 18.8. The number of rotatable bonds is 3. The van der Waals surface area contributed by atoms with Gasteiger partial charge in [-0.2, -0.15) is 0 Å². The third-order valence-corrected chi connectivity index (χ3v) is 5.05. The van der Waals surface area contributed by atoms with E-state index < -0.39 is 17.1 Å². The molecule has 0 aliphatic heterocycles. The smallest absolute Gasteiger partial charge is 0.335 e. The van der Waals surface area contributed by atoms with Gasteiger partial charge < -0.3 is 10.8 Å². The van der Waals surface area contributed by atoms with Gasteiger partial charge in [-0.3, -0.25) is 14.8 Å². The van der Waals surface area contributed by atoms with Crippen LogP contribution in [0.3, 0.4) is 0 Å². The van der Waals surface area contributed by atoms with Crippen LogP contribution in [0.1, 0.15) is 42.4 Å². The summed E-state index contributed by atoms with van der Waals surface area (Å²) in [6, 6.07) is 5.24. The molecule has 0 unspecified atom stereocenters. The Morgan fingerprint density at radius 1 is 1.23 bits per heavy atom. The van der Waals surface area contributed by atoms with Gasteiger partial charge in [-0.1, -0.05) is 18.9 Å². The Bertz CT molecular complexity index is 958. The number of aryl methyl sites for hydroxylation is 2. The molecular weight excluding hydrogens is 332 g/mol. The lowest BCUT2D eigenvalue weighted by Gasteiger charge is -2.24. The van der Waals surface area contributed by atoms with Gasteiger partial charge in [0.15, 0.2) is 0 Å². The Kier molecular flexibility index (Phi) is 5.08. The number of hydrogen-bond donors (Lipinski definition) is 3. The van der Waals surface area contributed by atoms with Gasteiger partial charge in [-0.05, 0) is 49.9 Å². The number of aromatic hydroxyl groups is 1. The predicted molar refractivity (Wildman–Crippen MR) is 102 cm³/mol. The first kappa shape index (κ1) is 18.1. The van der Waals surface area contributed by atoms with E-state index in [4.69, 9.17) is 5.73 Å². The fourth-order valence-corrected chi connectivity index (χ4v) is 3.25. The summed E-state index contributed by atoms with van der Waals surface area (Å²) in [6.45, 7) is 3.87. The van der Waals surface area contributed by atoms with E-state index in [1.807, 2.05) is 19.9 Å². The van der Waals surface area contributed by atoms with Crippen LogP contribution in [0.5, 0.6) is 5.88 Å². The molecule has 2 aromatic rings. The summed E-state index contributed by atoms with van der Waals surface area (Å²) in [5.41, 5.74) is 7.20. The van der Waals surface area contributed by atoms with E-state index in [0.29, 0.717) is 5.69 Å². The van der Waals surface area contributed by atoms with Gasteiger partial charge in [0.2, 0.25) is 5.88 Å². The van der Waals surface area contributed by atoms with Gasteiger partial charge in [-0.15, -0.1) is 0 Å². The molecule has 7 heteroatoms. The van der Waals surface area contributed by atoms with Gasteiger partial charge in [0.05, 0.1) is 11.7 Å². The van der Waals surface area contributed by atoms with Crippen LogP contribution in [0.2, 0.25) is 0 Å². The number of nitrogens with one attached hydrogen (secondary N) is 1. The molecule has 1 aliphatic carbocycles. The van der Waals surface area contributed by atoms with Crippen molar-refractivity contribution in [3.05, 3.63) is 55.7 Å². The molecule has 1 aromatic carbocycles. The van der Waals surface area contributed by atoms with Gasteiger partial charge in [0, 0.05) is 12.3 Å². The van der Waals surface area contributed by atoms with Crippen molar-refractivity contribution < 1.29 is 5.11 Å². The third-order valence-electron chi connectivity index (χ3n) is 5.05. The quantitative estimate of drug-likeness (QED) is 0.724. The molecule has 1 aromatic heterocycles. The van der Waals surface area contributed by atoms with Crippen LogP contribution < -0.4 is 17.0 Å². The topological polar surface area (TPSA) is 113 Å². The number of nitrogens with zero attached hydrogens (tertiary/aromatic N) is 2. The van der Waals surface area contributed by atoms with Crippen LogP contribution in [0, 0.1) is 13.8 Å². The summed E-state index contributed by atoms with van der Waals surface area (Å²) < 4.78 is 1.08. The number of H-pyrrole nitrogens is 1. The summed E-state index contributed by atoms with van der Waals surface area (Å²) in [5.74, 6) is -0.421. The first-order chi connectivity index (χ1) is 12.4. The van der Waals surface area contributed by atoms with E-state index in [1.54, 1.807) is 12.1 Å². The van der Waals surface area contributed by atoms with Crippen molar-refractivity contribution in [3.8, 4) is 11.6 Å². The lowest BCUT2D eigenvalue weighted by Crippen LogP contribution is -2.36. The van der Waals surface area contributed by atoms with Crippen molar-refractivity contribution in [2.24, 2.45) is 10.7 Å². The normalized spacial score (nSPS) is 20.6. The highest BCUT2D eigenvalue weighted by Crippen LogP contribution is 2.21. The van der Waals surface area contributed by atoms with Gasteiger partial charge in [0.25, 0.3) is 5.56 Å². The van der Waals surface area contributed by atoms with Crippen LogP contribution in [-0.4, -0.2) is 33.0 Å². The molecular formula is C19H24N4O3. The molecule has 0 bridgehead atoms. The molecule has 26 heavy (non-hydrogen) atoms. The number of aromatic amines is 1. The second-order valence-corrected chi connectivity index (χ2v) is 6.89. The van der Waals surface area contributed by atoms with Crippen molar-refractivity contribution in [2.45, 2.75) is 51.6 Å². The number of aliphatic imine (C=N–C) groups is 1. The molecule has 4 N–H and O–H groups in total. The van der Waals surface area contributed by atoms with Gasteiger partial charge in [0.1, 0.15) is 5.56 Å². The number of aromatic nitrogens is 2. The molecule has 7 nitrogen and oxygen atoms in total. The molecule has 1 fully saturated rings. The Hall–Kier alpha value is -2.67. The second kappa shape index (κ2) is 7.29. The van der Waals surface area contributed by atoms with Crippen LogP contribution in [-0.2, 0) is 0 Å². The average molecular weight is 356 g/mol. The molecule has 0 spiro atoms. The molecule has 2 atom stereocenters.